The molecule has 5 heteroatoms. The first-order valence-corrected chi connectivity index (χ1v) is 6.91. The quantitative estimate of drug-likeness (QED) is 0.894. The van der Waals surface area contributed by atoms with Gasteiger partial charge in [-0.3, -0.25) is 4.57 Å². The van der Waals surface area contributed by atoms with Gasteiger partial charge in [-0.2, -0.15) is 0 Å². The molecular formula is C14H19N5. The van der Waals surface area contributed by atoms with E-state index >= 15 is 0 Å². The Balaban J connectivity index is 1.98. The standard InChI is InChI=1S/C14H19N5/c1-3-6-16-12-9-13(19-8-7-15-10(19)2)18-14(17-12)11-4-5-11/h7-9,11H,3-6H2,1-2H3,(H,16,17,18). The Bertz CT molecular complexity index is 571. The molecule has 1 N–H and O–H groups in total. The van der Waals surface area contributed by atoms with Crippen molar-refractivity contribution in [3.05, 3.63) is 30.1 Å². The van der Waals surface area contributed by atoms with Crippen LogP contribution in [-0.4, -0.2) is 26.1 Å². The summed E-state index contributed by atoms with van der Waals surface area (Å²) < 4.78 is 2.00. The lowest BCUT2D eigenvalue weighted by atomic mass is 10.3. The van der Waals surface area contributed by atoms with Gasteiger partial charge >= 0.3 is 0 Å². The van der Waals surface area contributed by atoms with Crippen LogP contribution in [0.5, 0.6) is 0 Å². The summed E-state index contributed by atoms with van der Waals surface area (Å²) in [7, 11) is 0. The van der Waals surface area contributed by atoms with Crippen LogP contribution in [0.4, 0.5) is 5.82 Å². The molecule has 3 rings (SSSR count). The molecule has 1 fully saturated rings. The summed E-state index contributed by atoms with van der Waals surface area (Å²) in [4.78, 5) is 13.6. The molecule has 0 radical (unpaired) electrons. The summed E-state index contributed by atoms with van der Waals surface area (Å²) in [5.74, 6) is 4.28. The third-order valence-electron chi connectivity index (χ3n) is 3.30. The van der Waals surface area contributed by atoms with E-state index < -0.39 is 0 Å². The highest BCUT2D eigenvalue weighted by Gasteiger charge is 2.27. The summed E-state index contributed by atoms with van der Waals surface area (Å²) in [5.41, 5.74) is 0. The first kappa shape index (κ1) is 12.1. The predicted octanol–water partition coefficient (Wildman–Crippen LogP) is 2.67. The molecule has 0 amide bonds. The first-order valence-electron chi connectivity index (χ1n) is 6.91. The third-order valence-corrected chi connectivity index (χ3v) is 3.30. The summed E-state index contributed by atoms with van der Waals surface area (Å²) in [5, 5.41) is 3.35. The first-order chi connectivity index (χ1) is 9.28. The molecular weight excluding hydrogens is 238 g/mol. The Morgan fingerprint density at radius 1 is 1.37 bits per heavy atom. The van der Waals surface area contributed by atoms with Gasteiger partial charge in [-0.05, 0) is 26.2 Å². The molecule has 0 aromatic carbocycles. The number of aromatic nitrogens is 4. The van der Waals surface area contributed by atoms with Crippen LogP contribution in [0.15, 0.2) is 18.5 Å². The Kier molecular flexibility index (Phi) is 3.19. The van der Waals surface area contributed by atoms with Crippen molar-refractivity contribution in [1.82, 2.24) is 19.5 Å². The number of nitrogens with one attached hydrogen (secondary N) is 1. The van der Waals surface area contributed by atoms with Crippen LogP contribution < -0.4 is 5.32 Å². The van der Waals surface area contributed by atoms with E-state index in [1.807, 2.05) is 23.8 Å². The van der Waals surface area contributed by atoms with Crippen LogP contribution >= 0.6 is 0 Å². The van der Waals surface area contributed by atoms with E-state index in [2.05, 4.69) is 27.2 Å². The van der Waals surface area contributed by atoms with Crippen LogP contribution in [0.1, 0.15) is 43.8 Å². The second kappa shape index (κ2) is 4.99. The molecule has 0 spiro atoms. The van der Waals surface area contributed by atoms with Crippen molar-refractivity contribution >= 4 is 5.82 Å². The van der Waals surface area contributed by atoms with Crippen molar-refractivity contribution in [3.8, 4) is 5.82 Å². The maximum absolute atomic E-state index is 4.68. The summed E-state index contributed by atoms with van der Waals surface area (Å²) in [6.45, 7) is 5.07. The van der Waals surface area contributed by atoms with E-state index in [0.717, 1.165) is 36.3 Å². The summed E-state index contributed by atoms with van der Waals surface area (Å²) >= 11 is 0. The Labute approximate surface area is 113 Å². The van der Waals surface area contributed by atoms with Gasteiger partial charge in [-0.25, -0.2) is 15.0 Å². The number of anilines is 1. The lowest BCUT2D eigenvalue weighted by Gasteiger charge is -2.10. The van der Waals surface area contributed by atoms with Crippen LogP contribution in [-0.2, 0) is 0 Å². The minimum absolute atomic E-state index is 0.547. The van der Waals surface area contributed by atoms with Crippen LogP contribution in [0.3, 0.4) is 0 Å². The Morgan fingerprint density at radius 2 is 2.21 bits per heavy atom. The number of aryl methyl sites for hydroxylation is 1. The van der Waals surface area contributed by atoms with Gasteiger partial charge in [-0.1, -0.05) is 6.92 Å². The zero-order chi connectivity index (χ0) is 13.2. The maximum Gasteiger partial charge on any atom is 0.143 e. The second-order valence-corrected chi connectivity index (χ2v) is 5.02. The van der Waals surface area contributed by atoms with Gasteiger partial charge in [-0.15, -0.1) is 0 Å². The van der Waals surface area contributed by atoms with Crippen LogP contribution in [0, 0.1) is 6.92 Å². The zero-order valence-corrected chi connectivity index (χ0v) is 11.4. The SMILES string of the molecule is CCCNc1cc(-n2ccnc2C)nc(C2CC2)n1. The van der Waals surface area contributed by atoms with E-state index in [0.29, 0.717) is 5.92 Å². The smallest absolute Gasteiger partial charge is 0.143 e. The zero-order valence-electron chi connectivity index (χ0n) is 11.4. The van der Waals surface area contributed by atoms with Crippen molar-refractivity contribution in [1.29, 1.82) is 0 Å². The minimum atomic E-state index is 0.547. The highest BCUT2D eigenvalue weighted by Crippen LogP contribution is 2.38. The molecule has 5 nitrogen and oxygen atoms in total. The normalized spacial score (nSPS) is 14.6. The molecule has 2 aromatic heterocycles. The molecule has 0 unspecified atom stereocenters. The number of hydrogen-bond donors (Lipinski definition) is 1. The highest BCUT2D eigenvalue weighted by atomic mass is 15.2. The molecule has 1 aliphatic carbocycles. The summed E-state index contributed by atoms with van der Waals surface area (Å²) in [6.07, 6.45) is 7.24. The van der Waals surface area contributed by atoms with Crippen molar-refractivity contribution in [3.63, 3.8) is 0 Å². The molecule has 0 saturated heterocycles. The van der Waals surface area contributed by atoms with Crippen molar-refractivity contribution in [2.45, 2.75) is 39.0 Å². The van der Waals surface area contributed by atoms with E-state index in [4.69, 9.17) is 0 Å². The number of rotatable bonds is 5. The van der Waals surface area contributed by atoms with Gasteiger partial charge in [0.1, 0.15) is 23.3 Å². The predicted molar refractivity (Wildman–Crippen MR) is 74.6 cm³/mol. The topological polar surface area (TPSA) is 55.6 Å². The molecule has 1 aliphatic rings. The van der Waals surface area contributed by atoms with Gasteiger partial charge in [0.2, 0.25) is 0 Å². The molecule has 19 heavy (non-hydrogen) atoms. The van der Waals surface area contributed by atoms with E-state index in [1.54, 1.807) is 6.20 Å². The van der Waals surface area contributed by atoms with E-state index in [1.165, 1.54) is 12.8 Å². The molecule has 0 atom stereocenters. The third kappa shape index (κ3) is 2.59. The van der Waals surface area contributed by atoms with E-state index in [-0.39, 0.29) is 0 Å². The van der Waals surface area contributed by atoms with Crippen LogP contribution in [0.25, 0.3) is 5.82 Å². The maximum atomic E-state index is 4.68. The van der Waals surface area contributed by atoms with E-state index in [9.17, 15) is 0 Å². The van der Waals surface area contributed by atoms with Gasteiger partial charge in [0.25, 0.3) is 0 Å². The van der Waals surface area contributed by atoms with Crippen molar-refractivity contribution in [2.75, 3.05) is 11.9 Å². The van der Waals surface area contributed by atoms with Crippen LogP contribution in [0.2, 0.25) is 0 Å². The molecule has 2 aromatic rings. The molecule has 100 valence electrons. The Morgan fingerprint density at radius 3 is 2.84 bits per heavy atom. The average molecular weight is 257 g/mol. The largest absolute Gasteiger partial charge is 0.370 e. The fourth-order valence-electron chi connectivity index (χ4n) is 2.06. The van der Waals surface area contributed by atoms with Gasteiger partial charge in [0, 0.05) is 30.9 Å². The monoisotopic (exact) mass is 257 g/mol. The number of nitrogens with zero attached hydrogens (tertiary/aromatic N) is 4. The van der Waals surface area contributed by atoms with Gasteiger partial charge in [0.05, 0.1) is 0 Å². The highest BCUT2D eigenvalue weighted by molar-refractivity contribution is 5.43. The van der Waals surface area contributed by atoms with Crippen molar-refractivity contribution < 1.29 is 0 Å². The number of hydrogen-bond acceptors (Lipinski definition) is 4. The lowest BCUT2D eigenvalue weighted by molar-refractivity contribution is 0.855. The fourth-order valence-corrected chi connectivity index (χ4v) is 2.06. The van der Waals surface area contributed by atoms with Gasteiger partial charge in [0.15, 0.2) is 0 Å². The molecule has 2 heterocycles. The summed E-state index contributed by atoms with van der Waals surface area (Å²) in [6, 6.07) is 2.00. The van der Waals surface area contributed by atoms with Crippen molar-refractivity contribution in [2.24, 2.45) is 0 Å². The molecule has 0 bridgehead atoms. The second-order valence-electron chi connectivity index (χ2n) is 5.02. The van der Waals surface area contributed by atoms with Gasteiger partial charge < -0.3 is 5.32 Å². The average Bonchev–Trinajstić information content (AvgIpc) is 3.18. The minimum Gasteiger partial charge on any atom is -0.370 e. The molecule has 1 saturated carbocycles. The number of imidazole rings is 1. The molecule has 0 aliphatic heterocycles. The fraction of sp³-hybridized carbons (Fsp3) is 0.500. The lowest BCUT2D eigenvalue weighted by Crippen LogP contribution is -2.08. The Hall–Kier alpha value is -1.91.